The first-order valence-electron chi connectivity index (χ1n) is 5.19. The normalized spacial score (nSPS) is 10.4. The van der Waals surface area contributed by atoms with Crippen LogP contribution in [0.3, 0.4) is 0 Å². The summed E-state index contributed by atoms with van der Waals surface area (Å²) in [7, 11) is 0. The number of aromatic nitrogens is 4. The lowest BCUT2D eigenvalue weighted by molar-refractivity contribution is 0.870. The van der Waals surface area contributed by atoms with Gasteiger partial charge in [0.05, 0.1) is 11.7 Å². The molecule has 2 aromatic heterocycles. The summed E-state index contributed by atoms with van der Waals surface area (Å²) >= 11 is 0. The Hall–Kier alpha value is -2.56. The van der Waals surface area contributed by atoms with Gasteiger partial charge in [-0.15, -0.1) is 10.2 Å². The second-order valence-corrected chi connectivity index (χ2v) is 3.52. The predicted molar refractivity (Wildman–Crippen MR) is 64.9 cm³/mol. The van der Waals surface area contributed by atoms with Crippen molar-refractivity contribution in [1.29, 1.82) is 0 Å². The molecule has 0 unspecified atom stereocenters. The monoisotopic (exact) mass is 223 g/mol. The molecule has 0 aliphatic carbocycles. The van der Waals surface area contributed by atoms with Gasteiger partial charge in [-0.3, -0.25) is 0 Å². The molecule has 3 rings (SSSR count). The average molecular weight is 223 g/mol. The van der Waals surface area contributed by atoms with E-state index >= 15 is 0 Å². The lowest BCUT2D eigenvalue weighted by atomic mass is 10.2. The number of para-hydroxylation sites is 1. The van der Waals surface area contributed by atoms with E-state index in [9.17, 15) is 0 Å². The Balaban J connectivity index is 1.96. The number of nitrogens with one attached hydrogen (secondary N) is 1. The average Bonchev–Trinajstić information content (AvgIpc) is 2.40. The van der Waals surface area contributed by atoms with Crippen LogP contribution >= 0.6 is 0 Å². The lowest BCUT2D eigenvalue weighted by Crippen LogP contribution is -1.97. The minimum atomic E-state index is 0.628. The molecule has 0 fully saturated rings. The fourth-order valence-corrected chi connectivity index (χ4v) is 1.57. The number of pyridine rings is 1. The first kappa shape index (κ1) is 9.65. The molecule has 0 saturated carbocycles. The highest BCUT2D eigenvalue weighted by atomic mass is 15.3. The van der Waals surface area contributed by atoms with Crippen molar-refractivity contribution in [2.24, 2.45) is 0 Å². The Labute approximate surface area is 97.5 Å². The minimum Gasteiger partial charge on any atom is -0.323 e. The molecule has 82 valence electrons. The van der Waals surface area contributed by atoms with Crippen molar-refractivity contribution >= 4 is 22.5 Å². The van der Waals surface area contributed by atoms with Gasteiger partial charge in [-0.1, -0.05) is 18.2 Å². The molecule has 5 heteroatoms. The van der Waals surface area contributed by atoms with Crippen LogP contribution in [0.2, 0.25) is 0 Å². The molecule has 1 aromatic carbocycles. The van der Waals surface area contributed by atoms with Crippen LogP contribution in [0.25, 0.3) is 10.9 Å². The van der Waals surface area contributed by atoms with Crippen molar-refractivity contribution in [3.05, 3.63) is 48.7 Å². The molecule has 0 spiro atoms. The van der Waals surface area contributed by atoms with Gasteiger partial charge in [0.25, 0.3) is 0 Å². The molecular formula is C12H9N5. The van der Waals surface area contributed by atoms with E-state index in [1.807, 2.05) is 36.4 Å². The van der Waals surface area contributed by atoms with Crippen molar-refractivity contribution in [2.45, 2.75) is 0 Å². The summed E-state index contributed by atoms with van der Waals surface area (Å²) in [6.07, 6.45) is 1.58. The van der Waals surface area contributed by atoms with Crippen molar-refractivity contribution in [1.82, 2.24) is 20.4 Å². The Kier molecular flexibility index (Phi) is 2.34. The number of nitrogens with zero attached hydrogens (tertiary/aromatic N) is 4. The molecule has 0 aliphatic rings. The van der Waals surface area contributed by atoms with E-state index in [0.717, 1.165) is 16.7 Å². The third-order valence-electron chi connectivity index (χ3n) is 2.36. The first-order valence-corrected chi connectivity index (χ1v) is 5.19. The molecule has 17 heavy (non-hydrogen) atoms. The summed E-state index contributed by atoms with van der Waals surface area (Å²) in [6.45, 7) is 0. The van der Waals surface area contributed by atoms with Gasteiger partial charge in [0.1, 0.15) is 5.82 Å². The fraction of sp³-hybridized carbons (Fsp3) is 0. The van der Waals surface area contributed by atoms with Gasteiger partial charge >= 0.3 is 0 Å². The summed E-state index contributed by atoms with van der Waals surface area (Å²) < 4.78 is 0. The van der Waals surface area contributed by atoms with Crippen LogP contribution in [0, 0.1) is 0 Å². The Morgan fingerprint density at radius 3 is 2.71 bits per heavy atom. The zero-order chi connectivity index (χ0) is 11.5. The zero-order valence-corrected chi connectivity index (χ0v) is 8.91. The van der Waals surface area contributed by atoms with E-state index in [1.165, 1.54) is 0 Å². The predicted octanol–water partition coefficient (Wildman–Crippen LogP) is 2.16. The molecule has 0 bridgehead atoms. The molecule has 2 heterocycles. The van der Waals surface area contributed by atoms with E-state index in [-0.39, 0.29) is 0 Å². The molecule has 0 aliphatic heterocycles. The molecule has 0 radical (unpaired) electrons. The SMILES string of the molecule is c1ccc2nc(Nc3ccnnn3)ccc2c1. The van der Waals surface area contributed by atoms with Gasteiger partial charge in [0.15, 0.2) is 5.82 Å². The summed E-state index contributed by atoms with van der Waals surface area (Å²) in [4.78, 5) is 4.47. The molecule has 0 saturated heterocycles. The number of rotatable bonds is 2. The Morgan fingerprint density at radius 1 is 0.882 bits per heavy atom. The highest BCUT2D eigenvalue weighted by Crippen LogP contribution is 2.16. The second kappa shape index (κ2) is 4.13. The van der Waals surface area contributed by atoms with Crippen molar-refractivity contribution in [2.75, 3.05) is 5.32 Å². The van der Waals surface area contributed by atoms with E-state index < -0.39 is 0 Å². The summed E-state index contributed by atoms with van der Waals surface area (Å²) in [5.74, 6) is 1.37. The van der Waals surface area contributed by atoms with Gasteiger partial charge in [0.2, 0.25) is 0 Å². The number of benzene rings is 1. The summed E-state index contributed by atoms with van der Waals surface area (Å²) in [6, 6.07) is 13.6. The number of hydrogen-bond donors (Lipinski definition) is 1. The maximum atomic E-state index is 4.47. The van der Waals surface area contributed by atoms with Gasteiger partial charge < -0.3 is 5.32 Å². The second-order valence-electron chi connectivity index (χ2n) is 3.52. The topological polar surface area (TPSA) is 63.6 Å². The van der Waals surface area contributed by atoms with Crippen LogP contribution < -0.4 is 5.32 Å². The van der Waals surface area contributed by atoms with Crippen LogP contribution in [-0.2, 0) is 0 Å². The molecule has 0 amide bonds. The highest BCUT2D eigenvalue weighted by molar-refractivity contribution is 5.80. The smallest absolute Gasteiger partial charge is 0.157 e. The van der Waals surface area contributed by atoms with Crippen LogP contribution in [0.5, 0.6) is 0 Å². The Bertz CT molecular complexity index is 638. The van der Waals surface area contributed by atoms with Crippen LogP contribution in [0.15, 0.2) is 48.7 Å². The van der Waals surface area contributed by atoms with E-state index in [4.69, 9.17) is 0 Å². The number of fused-ring (bicyclic) bond motifs is 1. The highest BCUT2D eigenvalue weighted by Gasteiger charge is 1.99. The third kappa shape index (κ3) is 2.03. The molecule has 5 nitrogen and oxygen atoms in total. The van der Waals surface area contributed by atoms with Crippen LogP contribution in [-0.4, -0.2) is 20.4 Å². The largest absolute Gasteiger partial charge is 0.323 e. The quantitative estimate of drug-likeness (QED) is 0.721. The molecule has 3 aromatic rings. The minimum absolute atomic E-state index is 0.628. The standard InChI is InChI=1S/C12H9N5/c1-2-4-10-9(3-1)5-6-11(14-10)15-12-7-8-13-17-16-12/h1-8H,(H,13,14,15,16). The molecule has 1 N–H and O–H groups in total. The van der Waals surface area contributed by atoms with E-state index in [0.29, 0.717) is 5.82 Å². The maximum Gasteiger partial charge on any atom is 0.157 e. The number of anilines is 2. The van der Waals surface area contributed by atoms with Gasteiger partial charge in [0, 0.05) is 11.5 Å². The summed E-state index contributed by atoms with van der Waals surface area (Å²) in [5.41, 5.74) is 0.944. The summed E-state index contributed by atoms with van der Waals surface area (Å²) in [5, 5.41) is 15.2. The maximum absolute atomic E-state index is 4.47. The molecule has 0 atom stereocenters. The zero-order valence-electron chi connectivity index (χ0n) is 8.91. The van der Waals surface area contributed by atoms with Gasteiger partial charge in [-0.05, 0) is 23.4 Å². The van der Waals surface area contributed by atoms with Crippen molar-refractivity contribution in [3.8, 4) is 0 Å². The number of hydrogen-bond acceptors (Lipinski definition) is 5. The van der Waals surface area contributed by atoms with Gasteiger partial charge in [-0.25, -0.2) is 4.98 Å². The molecular weight excluding hydrogens is 214 g/mol. The third-order valence-corrected chi connectivity index (χ3v) is 2.36. The van der Waals surface area contributed by atoms with Crippen LogP contribution in [0.1, 0.15) is 0 Å². The van der Waals surface area contributed by atoms with Crippen molar-refractivity contribution in [3.63, 3.8) is 0 Å². The fourth-order valence-electron chi connectivity index (χ4n) is 1.57. The first-order chi connectivity index (χ1) is 8.42. The van der Waals surface area contributed by atoms with Gasteiger partial charge in [-0.2, -0.15) is 0 Å². The van der Waals surface area contributed by atoms with Crippen molar-refractivity contribution < 1.29 is 0 Å². The Morgan fingerprint density at radius 2 is 1.82 bits per heavy atom. The van der Waals surface area contributed by atoms with E-state index in [1.54, 1.807) is 12.3 Å². The van der Waals surface area contributed by atoms with E-state index in [2.05, 4.69) is 25.7 Å². The van der Waals surface area contributed by atoms with Crippen LogP contribution in [0.4, 0.5) is 11.6 Å². The lowest BCUT2D eigenvalue weighted by Gasteiger charge is -2.04.